The van der Waals surface area contributed by atoms with Crippen molar-refractivity contribution < 1.29 is 49.3 Å². The quantitative estimate of drug-likeness (QED) is 0.314. The average molecular weight is 415 g/mol. The van der Waals surface area contributed by atoms with Crippen molar-refractivity contribution in [3.05, 3.63) is 29.8 Å². The molecule has 0 aliphatic rings. The normalized spacial score (nSPS) is 12.8. The molecule has 1 aromatic carbocycles. The van der Waals surface area contributed by atoms with Crippen molar-refractivity contribution in [1.29, 1.82) is 0 Å². The van der Waals surface area contributed by atoms with E-state index in [4.69, 9.17) is 4.74 Å². The predicted octanol–water partition coefficient (Wildman–Crippen LogP) is 2.33. The van der Waals surface area contributed by atoms with Crippen LogP contribution >= 0.6 is 0 Å². The summed E-state index contributed by atoms with van der Waals surface area (Å²) in [7, 11) is 0. The first kappa shape index (κ1) is 28.5. The Morgan fingerprint density at radius 1 is 0.862 bits per heavy atom. The summed E-state index contributed by atoms with van der Waals surface area (Å²) >= 11 is 0. The van der Waals surface area contributed by atoms with Crippen LogP contribution in [0.5, 0.6) is 5.75 Å². The second kappa shape index (κ2) is 18.2. The Hall–Kier alpha value is -0.550. The molecule has 0 heterocycles. The molecule has 29 heavy (non-hydrogen) atoms. The molecule has 0 amide bonds. The number of aliphatic carboxylic acids is 1. The Labute approximate surface area is 199 Å². The van der Waals surface area contributed by atoms with E-state index < -0.39 is 18.2 Å². The van der Waals surface area contributed by atoms with E-state index in [0.717, 1.165) is 44.1 Å². The van der Waals surface area contributed by atoms with E-state index in [-0.39, 0.29) is 29.6 Å². The molecule has 4 nitrogen and oxygen atoms in total. The SMILES string of the molecule is CCCCCCCCC(Oc1ccc([C@H](O)CCCCCCC)cc1)C(=O)[O-].[Na+]. The summed E-state index contributed by atoms with van der Waals surface area (Å²) in [5.74, 6) is -0.649. The zero-order chi connectivity index (χ0) is 20.6. The van der Waals surface area contributed by atoms with E-state index in [1.54, 1.807) is 12.1 Å². The third kappa shape index (κ3) is 13.4. The number of ether oxygens (including phenoxy) is 1. The average Bonchev–Trinajstić information content (AvgIpc) is 2.69. The molecule has 1 rings (SSSR count). The van der Waals surface area contributed by atoms with Crippen LogP contribution < -0.4 is 39.4 Å². The molecular formula is C24H39NaO4. The van der Waals surface area contributed by atoms with Crippen molar-refractivity contribution in [2.45, 2.75) is 110 Å². The zero-order valence-electron chi connectivity index (χ0n) is 18.8. The summed E-state index contributed by atoms with van der Waals surface area (Å²) in [4.78, 5) is 11.4. The Kier molecular flexibility index (Phi) is 17.9. The number of unbranched alkanes of at least 4 members (excludes halogenated alkanes) is 9. The van der Waals surface area contributed by atoms with Crippen molar-refractivity contribution in [2.24, 2.45) is 0 Å². The molecule has 0 spiro atoms. The van der Waals surface area contributed by atoms with Crippen LogP contribution in [0.2, 0.25) is 0 Å². The summed E-state index contributed by atoms with van der Waals surface area (Å²) < 4.78 is 5.62. The predicted molar refractivity (Wildman–Crippen MR) is 112 cm³/mol. The molecule has 2 atom stereocenters. The van der Waals surface area contributed by atoms with Gasteiger partial charge in [0.2, 0.25) is 0 Å². The number of benzene rings is 1. The standard InChI is InChI=1S/C24H40O4.Na/c1-3-5-7-9-11-13-15-23(24(26)27)28-21-18-16-20(17-19-21)22(25)14-12-10-8-6-4-2;/h16-19,22-23,25H,3-15H2,1-2H3,(H,26,27);/q;+1/p-1/t22-,23?;/m1./s1. The van der Waals surface area contributed by atoms with Crippen LogP contribution in [0.3, 0.4) is 0 Å². The fraction of sp³-hybridized carbons (Fsp3) is 0.708. The molecule has 1 N–H and O–H groups in total. The van der Waals surface area contributed by atoms with Crippen molar-refractivity contribution in [1.82, 2.24) is 0 Å². The molecule has 0 saturated carbocycles. The van der Waals surface area contributed by atoms with Crippen LogP contribution in [0.25, 0.3) is 0 Å². The van der Waals surface area contributed by atoms with Gasteiger partial charge in [-0.25, -0.2) is 0 Å². The van der Waals surface area contributed by atoms with Crippen molar-refractivity contribution in [2.75, 3.05) is 0 Å². The molecular weight excluding hydrogens is 375 g/mol. The summed E-state index contributed by atoms with van der Waals surface area (Å²) in [6.07, 6.45) is 12.3. The van der Waals surface area contributed by atoms with E-state index >= 15 is 0 Å². The van der Waals surface area contributed by atoms with Crippen LogP contribution in [0.4, 0.5) is 0 Å². The Bertz CT molecular complexity index is 518. The largest absolute Gasteiger partial charge is 1.00 e. The van der Waals surface area contributed by atoms with Gasteiger partial charge in [-0.05, 0) is 37.0 Å². The fourth-order valence-electron chi connectivity index (χ4n) is 3.38. The van der Waals surface area contributed by atoms with Crippen LogP contribution in [-0.4, -0.2) is 17.2 Å². The molecule has 0 bridgehead atoms. The zero-order valence-corrected chi connectivity index (χ0v) is 20.8. The van der Waals surface area contributed by atoms with Gasteiger partial charge in [0.1, 0.15) is 11.9 Å². The number of aliphatic hydroxyl groups excluding tert-OH is 1. The minimum Gasteiger partial charge on any atom is -0.546 e. The summed E-state index contributed by atoms with van der Waals surface area (Å²) in [5.41, 5.74) is 0.851. The topological polar surface area (TPSA) is 69.6 Å². The number of carbonyl (C=O) groups is 1. The van der Waals surface area contributed by atoms with Gasteiger partial charge in [-0.15, -0.1) is 0 Å². The fourth-order valence-corrected chi connectivity index (χ4v) is 3.38. The second-order valence-corrected chi connectivity index (χ2v) is 7.77. The number of carboxylic acid groups (broad SMARTS) is 1. The van der Waals surface area contributed by atoms with Crippen molar-refractivity contribution in [3.63, 3.8) is 0 Å². The van der Waals surface area contributed by atoms with Crippen molar-refractivity contribution >= 4 is 5.97 Å². The molecule has 0 aliphatic heterocycles. The molecule has 160 valence electrons. The summed E-state index contributed by atoms with van der Waals surface area (Å²) in [5, 5.41) is 21.7. The molecule has 1 unspecified atom stereocenters. The second-order valence-electron chi connectivity index (χ2n) is 7.77. The molecule has 0 saturated heterocycles. The van der Waals surface area contributed by atoms with Gasteiger partial charge < -0.3 is 19.7 Å². The first-order valence-corrected chi connectivity index (χ1v) is 11.2. The van der Waals surface area contributed by atoms with Crippen LogP contribution in [-0.2, 0) is 4.79 Å². The number of hydrogen-bond donors (Lipinski definition) is 1. The number of rotatable bonds is 17. The molecule has 5 heteroatoms. The van der Waals surface area contributed by atoms with Crippen LogP contribution in [0.15, 0.2) is 24.3 Å². The Morgan fingerprint density at radius 3 is 1.86 bits per heavy atom. The van der Waals surface area contributed by atoms with Gasteiger partial charge in [0.25, 0.3) is 0 Å². The summed E-state index contributed by atoms with van der Waals surface area (Å²) in [6.45, 7) is 4.37. The maximum atomic E-state index is 11.4. The van der Waals surface area contributed by atoms with Gasteiger partial charge in [-0.3, -0.25) is 0 Å². The van der Waals surface area contributed by atoms with Gasteiger partial charge in [0.05, 0.1) is 12.1 Å². The maximum absolute atomic E-state index is 11.4. The van der Waals surface area contributed by atoms with Crippen LogP contribution in [0.1, 0.15) is 109 Å². The van der Waals surface area contributed by atoms with Gasteiger partial charge in [-0.2, -0.15) is 0 Å². The summed E-state index contributed by atoms with van der Waals surface area (Å²) in [6, 6.07) is 7.13. The van der Waals surface area contributed by atoms with Gasteiger partial charge in [0.15, 0.2) is 0 Å². The van der Waals surface area contributed by atoms with Gasteiger partial charge in [-0.1, -0.05) is 90.2 Å². The molecule has 0 aliphatic carbocycles. The monoisotopic (exact) mass is 414 g/mol. The van der Waals surface area contributed by atoms with E-state index in [1.807, 2.05) is 12.1 Å². The minimum atomic E-state index is -1.16. The molecule has 0 radical (unpaired) electrons. The van der Waals surface area contributed by atoms with E-state index in [9.17, 15) is 15.0 Å². The number of carbonyl (C=O) groups excluding carboxylic acids is 1. The maximum Gasteiger partial charge on any atom is 1.00 e. The molecule has 0 aromatic heterocycles. The number of aliphatic hydroxyl groups is 1. The Balaban J connectivity index is 0.00000784. The number of hydrogen-bond acceptors (Lipinski definition) is 4. The third-order valence-corrected chi connectivity index (χ3v) is 5.21. The smallest absolute Gasteiger partial charge is 0.546 e. The first-order chi connectivity index (χ1) is 13.6. The first-order valence-electron chi connectivity index (χ1n) is 11.2. The number of carboxylic acids is 1. The molecule has 0 fully saturated rings. The minimum absolute atomic E-state index is 0. The van der Waals surface area contributed by atoms with E-state index in [0.29, 0.717) is 12.2 Å². The van der Waals surface area contributed by atoms with E-state index in [2.05, 4.69) is 13.8 Å². The van der Waals surface area contributed by atoms with Crippen molar-refractivity contribution in [3.8, 4) is 5.75 Å². The third-order valence-electron chi connectivity index (χ3n) is 5.21. The molecule has 1 aromatic rings. The van der Waals surface area contributed by atoms with E-state index in [1.165, 1.54) is 38.5 Å². The van der Waals surface area contributed by atoms with Crippen LogP contribution in [0, 0.1) is 0 Å². The Morgan fingerprint density at radius 2 is 1.34 bits per heavy atom. The van der Waals surface area contributed by atoms with Gasteiger partial charge in [0, 0.05) is 0 Å². The van der Waals surface area contributed by atoms with Gasteiger partial charge >= 0.3 is 29.6 Å².